The molecule has 1 aromatic rings. The lowest BCUT2D eigenvalue weighted by Crippen LogP contribution is -2.16. The van der Waals surface area contributed by atoms with E-state index in [1.165, 1.54) is 18.2 Å². The second-order valence-electron chi connectivity index (χ2n) is 2.84. The van der Waals surface area contributed by atoms with Crippen molar-refractivity contribution in [1.82, 2.24) is 0 Å². The van der Waals surface area contributed by atoms with E-state index in [1.807, 2.05) is 0 Å². The minimum atomic E-state index is -0.631. The average molecular weight is 247 g/mol. The SMILES string of the molecule is O=C(COc1cc(Cl)ccc1O)OCCO. The van der Waals surface area contributed by atoms with Gasteiger partial charge in [0.05, 0.1) is 6.61 Å². The Morgan fingerprint density at radius 2 is 2.19 bits per heavy atom. The highest BCUT2D eigenvalue weighted by Gasteiger charge is 2.07. The van der Waals surface area contributed by atoms with Crippen molar-refractivity contribution < 1.29 is 24.5 Å². The molecule has 0 radical (unpaired) electrons. The van der Waals surface area contributed by atoms with Gasteiger partial charge in [0, 0.05) is 11.1 Å². The molecule has 2 N–H and O–H groups in total. The fourth-order valence-corrected chi connectivity index (χ4v) is 1.10. The van der Waals surface area contributed by atoms with Crippen LogP contribution >= 0.6 is 11.6 Å². The Kier molecular flexibility index (Phi) is 4.88. The van der Waals surface area contributed by atoms with Crippen LogP contribution in [0.3, 0.4) is 0 Å². The lowest BCUT2D eigenvalue weighted by atomic mass is 10.3. The Morgan fingerprint density at radius 1 is 1.44 bits per heavy atom. The number of esters is 1. The van der Waals surface area contributed by atoms with Crippen LogP contribution in [0.5, 0.6) is 11.5 Å². The van der Waals surface area contributed by atoms with Crippen LogP contribution in [0.2, 0.25) is 5.02 Å². The van der Waals surface area contributed by atoms with Gasteiger partial charge < -0.3 is 19.7 Å². The Balaban J connectivity index is 2.47. The summed E-state index contributed by atoms with van der Waals surface area (Å²) in [5.74, 6) is -0.638. The second-order valence-corrected chi connectivity index (χ2v) is 3.28. The predicted molar refractivity (Wildman–Crippen MR) is 56.7 cm³/mol. The molecule has 0 aliphatic heterocycles. The summed E-state index contributed by atoms with van der Waals surface area (Å²) in [4.78, 5) is 11.0. The first-order valence-corrected chi connectivity index (χ1v) is 4.89. The van der Waals surface area contributed by atoms with Crippen molar-refractivity contribution in [3.63, 3.8) is 0 Å². The summed E-state index contributed by atoms with van der Waals surface area (Å²) in [6.07, 6.45) is 0. The number of phenolic OH excluding ortho intramolecular Hbond substituents is 1. The Bertz CT molecular complexity index is 366. The van der Waals surface area contributed by atoms with Gasteiger partial charge in [-0.25, -0.2) is 4.79 Å². The molecule has 0 atom stereocenters. The monoisotopic (exact) mass is 246 g/mol. The van der Waals surface area contributed by atoms with E-state index in [0.29, 0.717) is 5.02 Å². The van der Waals surface area contributed by atoms with Crippen molar-refractivity contribution in [2.45, 2.75) is 0 Å². The molecular formula is C10H11ClO5. The number of rotatable bonds is 5. The van der Waals surface area contributed by atoms with Crippen LogP contribution in [-0.2, 0) is 9.53 Å². The zero-order valence-electron chi connectivity index (χ0n) is 8.35. The standard InChI is InChI=1S/C10H11ClO5/c11-7-1-2-8(13)9(5-7)16-6-10(14)15-4-3-12/h1-2,5,12-13H,3-4,6H2. The van der Waals surface area contributed by atoms with Gasteiger partial charge in [-0.15, -0.1) is 0 Å². The molecule has 16 heavy (non-hydrogen) atoms. The third-order valence-corrected chi connectivity index (χ3v) is 1.86. The summed E-state index contributed by atoms with van der Waals surface area (Å²) in [6.45, 7) is -0.675. The number of aromatic hydroxyl groups is 1. The maximum Gasteiger partial charge on any atom is 0.344 e. The van der Waals surface area contributed by atoms with E-state index in [2.05, 4.69) is 4.74 Å². The van der Waals surface area contributed by atoms with Crippen molar-refractivity contribution in [3.8, 4) is 11.5 Å². The number of phenols is 1. The van der Waals surface area contributed by atoms with Gasteiger partial charge in [0.15, 0.2) is 18.1 Å². The molecule has 0 amide bonds. The summed E-state index contributed by atoms with van der Waals surface area (Å²) in [7, 11) is 0. The van der Waals surface area contributed by atoms with Crippen molar-refractivity contribution in [1.29, 1.82) is 0 Å². The largest absolute Gasteiger partial charge is 0.504 e. The molecule has 88 valence electrons. The summed E-state index contributed by atoms with van der Waals surface area (Å²) < 4.78 is 9.54. The number of hydrogen-bond donors (Lipinski definition) is 2. The first-order valence-electron chi connectivity index (χ1n) is 4.51. The van der Waals surface area contributed by atoms with Crippen molar-refractivity contribution in [2.75, 3.05) is 19.8 Å². The van der Waals surface area contributed by atoms with Crippen LogP contribution in [0.15, 0.2) is 18.2 Å². The first kappa shape index (κ1) is 12.6. The van der Waals surface area contributed by atoms with E-state index in [-0.39, 0.29) is 31.3 Å². The molecule has 6 heteroatoms. The van der Waals surface area contributed by atoms with Gasteiger partial charge in [0.1, 0.15) is 6.61 Å². The summed E-state index contributed by atoms with van der Waals surface area (Å²) in [5.41, 5.74) is 0. The number of hydrogen-bond acceptors (Lipinski definition) is 5. The number of carbonyl (C=O) groups excluding carboxylic acids is 1. The number of ether oxygens (including phenoxy) is 2. The molecule has 0 fully saturated rings. The number of halogens is 1. The third kappa shape index (κ3) is 3.96. The van der Waals surface area contributed by atoms with Crippen LogP contribution in [0.1, 0.15) is 0 Å². The quantitative estimate of drug-likeness (QED) is 0.757. The van der Waals surface area contributed by atoms with Gasteiger partial charge in [-0.1, -0.05) is 11.6 Å². The fourth-order valence-electron chi connectivity index (χ4n) is 0.941. The van der Waals surface area contributed by atoms with E-state index in [9.17, 15) is 9.90 Å². The van der Waals surface area contributed by atoms with Crippen LogP contribution in [0, 0.1) is 0 Å². The van der Waals surface area contributed by atoms with Crippen LogP contribution in [0.4, 0.5) is 0 Å². The highest BCUT2D eigenvalue weighted by molar-refractivity contribution is 6.30. The molecule has 0 unspecified atom stereocenters. The molecule has 0 saturated carbocycles. The van der Waals surface area contributed by atoms with Gasteiger partial charge in [-0.05, 0) is 12.1 Å². The maximum absolute atomic E-state index is 11.0. The van der Waals surface area contributed by atoms with Gasteiger partial charge in [-0.2, -0.15) is 0 Å². The molecule has 0 aliphatic carbocycles. The number of aliphatic hydroxyl groups excluding tert-OH is 1. The Labute approximate surface area is 97.2 Å². The third-order valence-electron chi connectivity index (χ3n) is 1.62. The number of aliphatic hydroxyl groups is 1. The zero-order chi connectivity index (χ0) is 12.0. The molecule has 1 aromatic carbocycles. The molecule has 0 spiro atoms. The van der Waals surface area contributed by atoms with Crippen molar-refractivity contribution in [3.05, 3.63) is 23.2 Å². The predicted octanol–water partition coefficient (Wildman–Crippen LogP) is 0.960. The lowest BCUT2D eigenvalue weighted by molar-refractivity contribution is -0.146. The van der Waals surface area contributed by atoms with Gasteiger partial charge in [-0.3, -0.25) is 0 Å². The minimum absolute atomic E-state index is 0.0796. The highest BCUT2D eigenvalue weighted by Crippen LogP contribution is 2.28. The van der Waals surface area contributed by atoms with E-state index >= 15 is 0 Å². The first-order chi connectivity index (χ1) is 7.63. The highest BCUT2D eigenvalue weighted by atomic mass is 35.5. The summed E-state index contributed by atoms with van der Waals surface area (Å²) in [5, 5.41) is 18.1. The molecule has 0 bridgehead atoms. The van der Waals surface area contributed by atoms with Crippen LogP contribution < -0.4 is 4.74 Å². The van der Waals surface area contributed by atoms with Crippen molar-refractivity contribution in [2.24, 2.45) is 0 Å². The van der Waals surface area contributed by atoms with Gasteiger partial charge in [0.25, 0.3) is 0 Å². The smallest absolute Gasteiger partial charge is 0.344 e. The minimum Gasteiger partial charge on any atom is -0.504 e. The topological polar surface area (TPSA) is 76.0 Å². The molecule has 0 aromatic heterocycles. The van der Waals surface area contributed by atoms with Crippen LogP contribution in [0.25, 0.3) is 0 Å². The molecule has 5 nitrogen and oxygen atoms in total. The van der Waals surface area contributed by atoms with E-state index in [0.717, 1.165) is 0 Å². The molecule has 0 heterocycles. The molecule has 0 aliphatic rings. The molecule has 1 rings (SSSR count). The average Bonchev–Trinajstić information content (AvgIpc) is 2.27. The summed E-state index contributed by atoms with van der Waals surface area (Å²) in [6, 6.07) is 4.24. The van der Waals surface area contributed by atoms with Gasteiger partial charge >= 0.3 is 5.97 Å². The summed E-state index contributed by atoms with van der Waals surface area (Å²) >= 11 is 5.68. The number of carbonyl (C=O) groups is 1. The van der Waals surface area contributed by atoms with Crippen molar-refractivity contribution >= 4 is 17.6 Å². The molecular weight excluding hydrogens is 236 g/mol. The Hall–Kier alpha value is -1.46. The Morgan fingerprint density at radius 3 is 2.88 bits per heavy atom. The number of benzene rings is 1. The molecule has 0 saturated heterocycles. The van der Waals surface area contributed by atoms with Crippen LogP contribution in [-0.4, -0.2) is 36.0 Å². The van der Waals surface area contributed by atoms with E-state index < -0.39 is 5.97 Å². The fraction of sp³-hybridized carbons (Fsp3) is 0.300. The zero-order valence-corrected chi connectivity index (χ0v) is 9.11. The van der Waals surface area contributed by atoms with E-state index in [4.69, 9.17) is 21.4 Å². The van der Waals surface area contributed by atoms with E-state index in [1.54, 1.807) is 0 Å². The van der Waals surface area contributed by atoms with Gasteiger partial charge in [0.2, 0.25) is 0 Å². The second kappa shape index (κ2) is 6.19. The maximum atomic E-state index is 11.0. The normalized spacial score (nSPS) is 9.88. The lowest BCUT2D eigenvalue weighted by Gasteiger charge is -2.07.